The van der Waals surface area contributed by atoms with Gasteiger partial charge < -0.3 is 29.3 Å². The number of aliphatic hydroxyl groups excluding tert-OH is 2. The number of aromatic nitrogens is 2. The average molecular weight is 1100 g/mol. The highest BCUT2D eigenvalue weighted by atomic mass is 35.6. The van der Waals surface area contributed by atoms with E-state index in [2.05, 4.69) is 136 Å². The van der Waals surface area contributed by atoms with Gasteiger partial charge in [-0.15, -0.1) is 0 Å². The van der Waals surface area contributed by atoms with Crippen LogP contribution in [0.4, 0.5) is 0 Å². The lowest BCUT2D eigenvalue weighted by Gasteiger charge is -2.41. The second kappa shape index (κ2) is 27.1. The molecule has 2 aromatic heterocycles. The topological polar surface area (TPSA) is 159 Å². The van der Waals surface area contributed by atoms with Gasteiger partial charge in [0.15, 0.2) is 24.0 Å². The van der Waals surface area contributed by atoms with Gasteiger partial charge in [0.1, 0.15) is 0 Å². The van der Waals surface area contributed by atoms with E-state index in [0.29, 0.717) is 30.1 Å². The number of aliphatic carboxylic acids is 2. The van der Waals surface area contributed by atoms with E-state index in [-0.39, 0.29) is 43.1 Å². The monoisotopic (exact) mass is 1100 g/mol. The molecule has 0 radical (unpaired) electrons. The first-order chi connectivity index (χ1) is 34.2. The molecule has 2 heterocycles. The molecule has 0 aliphatic heterocycles. The van der Waals surface area contributed by atoms with Crippen LogP contribution in [-0.4, -0.2) is 91.8 Å². The SMILES string of the molecule is C.CC(C)(C)[Si](C)(C)Cl.CC(C)(C)[Si](C)(C)OCC(CCc1cccc(-c2c(CC(=O)O)cnc3ccccc23)c1)O[Si](C)(C)C(C)(C)C.O=C(O)Cc1cnc2ccccc2c1-c1cccc(CCC(O)CO)c1. The molecule has 10 nitrogen and oxygen atoms in total. The van der Waals surface area contributed by atoms with Crippen molar-refractivity contribution in [2.75, 3.05) is 13.2 Å². The molecular formula is C61H89ClN2O8Si3. The standard InChI is InChI=1S/C33H49NO4Si2.C21H21NO4.C6H15ClSi.CH4/c1-32(2,3)39(7,8)37-23-27(38-40(9,10)33(4,5)6)19-18-24-14-13-15-25(20-24)31-26(21-30(35)36)22-34-29-17-12-11-16-28(29)31;23-13-17(24)9-8-14-4-3-5-15(10-14)21-16(11-20(25)26)12-22-19-7-2-1-6-18(19)21;1-6(2,3)8(4,5)7;/h11-17,20,22,27H,18-19,21,23H2,1-10H3,(H,35,36);1-7,10,12,17,23-24H,8-9,11,13H2,(H,25,26);1-5H3;1H4. The Bertz CT molecular complexity index is 2800. The van der Waals surface area contributed by atoms with Gasteiger partial charge in [0.2, 0.25) is 0 Å². The maximum absolute atomic E-state index is 11.7. The highest BCUT2D eigenvalue weighted by molar-refractivity contribution is 7.20. The summed E-state index contributed by atoms with van der Waals surface area (Å²) in [5.41, 5.74) is 9.08. The lowest BCUT2D eigenvalue weighted by atomic mass is 9.93. The van der Waals surface area contributed by atoms with Crippen molar-refractivity contribution >= 4 is 68.8 Å². The van der Waals surface area contributed by atoms with Gasteiger partial charge in [0, 0.05) is 23.2 Å². The molecular weight excluding hydrogens is 1010 g/mol. The molecule has 14 heteroatoms. The van der Waals surface area contributed by atoms with E-state index in [4.69, 9.17) is 25.0 Å². The quantitative estimate of drug-likeness (QED) is 0.0482. The fourth-order valence-electron chi connectivity index (χ4n) is 7.45. The smallest absolute Gasteiger partial charge is 0.307 e. The molecule has 4 N–H and O–H groups in total. The summed E-state index contributed by atoms with van der Waals surface area (Å²) in [6.07, 6.45) is 5.28. The number of carboxylic acid groups (broad SMARTS) is 2. The highest BCUT2D eigenvalue weighted by Gasteiger charge is 2.41. The third-order valence-corrected chi connectivity index (χ3v) is 29.3. The van der Waals surface area contributed by atoms with Crippen LogP contribution in [0.25, 0.3) is 44.1 Å². The largest absolute Gasteiger partial charge is 0.481 e. The molecule has 0 fully saturated rings. The van der Waals surface area contributed by atoms with Crippen LogP contribution in [0, 0.1) is 0 Å². The predicted molar refractivity (Wildman–Crippen MR) is 322 cm³/mol. The van der Waals surface area contributed by atoms with Crippen LogP contribution in [0.1, 0.15) is 105 Å². The van der Waals surface area contributed by atoms with Crippen molar-refractivity contribution in [1.29, 1.82) is 0 Å². The van der Waals surface area contributed by atoms with Crippen molar-refractivity contribution < 1.29 is 38.9 Å². The van der Waals surface area contributed by atoms with Crippen molar-refractivity contribution in [3.63, 3.8) is 0 Å². The summed E-state index contributed by atoms with van der Waals surface area (Å²) in [4.78, 5) is 31.9. The van der Waals surface area contributed by atoms with E-state index in [9.17, 15) is 24.9 Å². The van der Waals surface area contributed by atoms with Gasteiger partial charge in [-0.2, -0.15) is 11.1 Å². The fourth-order valence-corrected chi connectivity index (χ4v) is 9.85. The molecule has 0 bridgehead atoms. The van der Waals surface area contributed by atoms with Crippen molar-refractivity contribution in [2.24, 2.45) is 0 Å². The maximum Gasteiger partial charge on any atom is 0.307 e. The van der Waals surface area contributed by atoms with Crippen LogP contribution in [0.2, 0.25) is 54.4 Å². The van der Waals surface area contributed by atoms with Gasteiger partial charge in [-0.1, -0.05) is 168 Å². The zero-order valence-corrected chi connectivity index (χ0v) is 50.7. The van der Waals surface area contributed by atoms with E-state index in [1.54, 1.807) is 12.4 Å². The second-order valence-electron chi connectivity index (χ2n) is 24.1. The normalized spacial score (nSPS) is 13.2. The molecule has 6 aromatic rings. The maximum atomic E-state index is 11.7. The van der Waals surface area contributed by atoms with Crippen molar-refractivity contribution in [3.8, 4) is 22.3 Å². The Kier molecular flexibility index (Phi) is 23.4. The zero-order chi connectivity index (χ0) is 55.5. The molecule has 410 valence electrons. The van der Waals surface area contributed by atoms with Crippen LogP contribution in [0.3, 0.4) is 0 Å². The second-order valence-corrected chi connectivity index (χ2v) is 40.9. The summed E-state index contributed by atoms with van der Waals surface area (Å²) in [5.74, 6) is -1.76. The minimum atomic E-state index is -1.99. The number of hydrogen-bond acceptors (Lipinski definition) is 8. The number of carboxylic acids is 2. The molecule has 0 aliphatic carbocycles. The van der Waals surface area contributed by atoms with Crippen LogP contribution < -0.4 is 0 Å². The van der Waals surface area contributed by atoms with Gasteiger partial charge in [-0.05, 0) is 124 Å². The summed E-state index contributed by atoms with van der Waals surface area (Å²) in [5, 5.41) is 39.9. The number of fused-ring (bicyclic) bond motifs is 2. The number of para-hydroxylation sites is 2. The van der Waals surface area contributed by atoms with Crippen LogP contribution >= 0.6 is 11.1 Å². The lowest BCUT2D eigenvalue weighted by molar-refractivity contribution is -0.137. The van der Waals surface area contributed by atoms with Crippen molar-refractivity contribution in [2.45, 2.75) is 175 Å². The third kappa shape index (κ3) is 18.8. The van der Waals surface area contributed by atoms with Crippen LogP contribution in [-0.2, 0) is 44.1 Å². The Hall–Kier alpha value is -4.58. The first kappa shape index (κ1) is 64.7. The Labute approximate surface area is 457 Å². The third-order valence-electron chi connectivity index (χ3n) is 15.0. The number of benzene rings is 4. The summed E-state index contributed by atoms with van der Waals surface area (Å²) < 4.78 is 13.6. The first-order valence-corrected chi connectivity index (χ1v) is 35.7. The Morgan fingerprint density at radius 2 is 1.00 bits per heavy atom. The minimum Gasteiger partial charge on any atom is -0.481 e. The average Bonchev–Trinajstić information content (AvgIpc) is 3.30. The number of nitrogens with zero attached hydrogens (tertiary/aromatic N) is 2. The van der Waals surface area contributed by atoms with Crippen molar-refractivity contribution in [3.05, 3.63) is 132 Å². The zero-order valence-electron chi connectivity index (χ0n) is 46.9. The molecule has 0 amide bonds. The summed E-state index contributed by atoms with van der Waals surface area (Å²) in [7, 11) is -5.29. The highest BCUT2D eigenvalue weighted by Crippen LogP contribution is 2.41. The number of aliphatic hydroxyl groups is 2. The number of aryl methyl sites for hydroxylation is 2. The molecule has 6 rings (SSSR count). The molecule has 2 atom stereocenters. The summed E-state index contributed by atoms with van der Waals surface area (Å²) >= 11 is 6.15. The Balaban J connectivity index is 0.000000361. The van der Waals surface area contributed by atoms with Gasteiger partial charge in [-0.25, -0.2) is 0 Å². The van der Waals surface area contributed by atoms with Gasteiger partial charge in [-0.3, -0.25) is 19.6 Å². The number of rotatable bonds is 18. The molecule has 0 aliphatic rings. The number of pyridine rings is 2. The number of carbonyl (C=O) groups is 2. The van der Waals surface area contributed by atoms with Gasteiger partial charge >= 0.3 is 11.9 Å². The van der Waals surface area contributed by atoms with E-state index in [1.165, 1.54) is 5.56 Å². The van der Waals surface area contributed by atoms with Crippen LogP contribution in [0.5, 0.6) is 0 Å². The van der Waals surface area contributed by atoms with Gasteiger partial charge in [0.25, 0.3) is 0 Å². The molecule has 0 spiro atoms. The van der Waals surface area contributed by atoms with E-state index in [0.717, 1.165) is 68.0 Å². The molecule has 4 aromatic carbocycles. The Morgan fingerprint density at radius 3 is 1.37 bits per heavy atom. The number of halogens is 1. The molecule has 0 saturated heterocycles. The van der Waals surface area contributed by atoms with Crippen molar-refractivity contribution in [1.82, 2.24) is 9.97 Å². The van der Waals surface area contributed by atoms with Crippen LogP contribution in [0.15, 0.2) is 109 Å². The van der Waals surface area contributed by atoms with E-state index in [1.807, 2.05) is 72.8 Å². The first-order valence-electron chi connectivity index (χ1n) is 25.9. The van der Waals surface area contributed by atoms with E-state index < -0.39 is 42.1 Å². The molecule has 75 heavy (non-hydrogen) atoms. The fraction of sp³-hybridized carbons (Fsp3) is 0.475. The Morgan fingerprint density at radius 1 is 0.600 bits per heavy atom. The molecule has 0 saturated carbocycles. The molecule has 2 unspecified atom stereocenters. The summed E-state index contributed by atoms with van der Waals surface area (Å²) in [6.45, 7) is 34.2. The summed E-state index contributed by atoms with van der Waals surface area (Å²) in [6, 6.07) is 32.0. The van der Waals surface area contributed by atoms with E-state index >= 15 is 0 Å². The minimum absolute atomic E-state index is 0. The predicted octanol–water partition coefficient (Wildman–Crippen LogP) is 15.6. The van der Waals surface area contributed by atoms with Gasteiger partial charge in [0.05, 0.1) is 49.3 Å². The number of hydrogen-bond donors (Lipinski definition) is 4. The lowest BCUT2D eigenvalue weighted by Crippen LogP contribution is -2.48.